The van der Waals surface area contributed by atoms with Crippen molar-refractivity contribution in [3.05, 3.63) is 35.7 Å². The smallest absolute Gasteiger partial charge is 0.230 e. The van der Waals surface area contributed by atoms with E-state index in [4.69, 9.17) is 4.74 Å². The third-order valence-electron chi connectivity index (χ3n) is 3.96. The summed E-state index contributed by atoms with van der Waals surface area (Å²) in [4.78, 5) is 12.1. The molecule has 1 heterocycles. The van der Waals surface area contributed by atoms with E-state index in [1.165, 1.54) is 24.6 Å². The molecule has 0 unspecified atom stereocenters. The van der Waals surface area contributed by atoms with Gasteiger partial charge in [0.25, 0.3) is 0 Å². The molecule has 1 amide bonds. The highest BCUT2D eigenvalue weighted by Crippen LogP contribution is 2.39. The summed E-state index contributed by atoms with van der Waals surface area (Å²) in [6.45, 7) is 3.42. The van der Waals surface area contributed by atoms with Crippen molar-refractivity contribution in [1.29, 1.82) is 0 Å². The van der Waals surface area contributed by atoms with E-state index in [-0.39, 0.29) is 5.91 Å². The van der Waals surface area contributed by atoms with Crippen molar-refractivity contribution in [3.63, 3.8) is 0 Å². The van der Waals surface area contributed by atoms with Gasteiger partial charge in [0.05, 0.1) is 12.9 Å². The van der Waals surface area contributed by atoms with Crippen LogP contribution in [-0.4, -0.2) is 33.5 Å². The van der Waals surface area contributed by atoms with E-state index in [9.17, 15) is 4.79 Å². The average molecular weight is 346 g/mol. The zero-order valence-electron chi connectivity index (χ0n) is 14.0. The van der Waals surface area contributed by atoms with E-state index >= 15 is 0 Å². The van der Waals surface area contributed by atoms with Crippen molar-refractivity contribution >= 4 is 17.7 Å². The Hall–Kier alpha value is -2.02. The van der Waals surface area contributed by atoms with Gasteiger partial charge < -0.3 is 14.6 Å². The van der Waals surface area contributed by atoms with Gasteiger partial charge in [-0.1, -0.05) is 23.9 Å². The molecule has 1 aliphatic carbocycles. The van der Waals surface area contributed by atoms with Gasteiger partial charge in [-0.25, -0.2) is 0 Å². The van der Waals surface area contributed by atoms with Gasteiger partial charge in [0.15, 0.2) is 5.16 Å². The van der Waals surface area contributed by atoms with Gasteiger partial charge in [0.1, 0.15) is 11.6 Å². The van der Waals surface area contributed by atoms with Crippen molar-refractivity contribution in [3.8, 4) is 5.75 Å². The van der Waals surface area contributed by atoms with Crippen LogP contribution in [0.25, 0.3) is 0 Å². The molecule has 0 bridgehead atoms. The highest BCUT2D eigenvalue weighted by atomic mass is 32.2. The number of methoxy groups -OCH3 is 1. The molecule has 24 heavy (non-hydrogen) atoms. The monoisotopic (exact) mass is 346 g/mol. The second-order valence-electron chi connectivity index (χ2n) is 5.78. The zero-order chi connectivity index (χ0) is 16.9. The van der Waals surface area contributed by atoms with E-state index in [1.54, 1.807) is 7.11 Å². The van der Waals surface area contributed by atoms with Crippen molar-refractivity contribution in [1.82, 2.24) is 20.1 Å². The lowest BCUT2D eigenvalue weighted by Crippen LogP contribution is -2.24. The first-order valence-electron chi connectivity index (χ1n) is 8.16. The number of aromatic nitrogens is 3. The lowest BCUT2D eigenvalue weighted by atomic mass is 10.2. The topological polar surface area (TPSA) is 69.0 Å². The van der Waals surface area contributed by atoms with Crippen LogP contribution in [0.1, 0.15) is 37.1 Å². The molecule has 128 valence electrons. The summed E-state index contributed by atoms with van der Waals surface area (Å²) in [6.07, 6.45) is 2.40. The van der Waals surface area contributed by atoms with E-state index < -0.39 is 0 Å². The first-order valence-corrected chi connectivity index (χ1v) is 9.15. The van der Waals surface area contributed by atoms with E-state index in [0.717, 1.165) is 28.8 Å². The van der Waals surface area contributed by atoms with Crippen LogP contribution < -0.4 is 10.1 Å². The van der Waals surface area contributed by atoms with Crippen LogP contribution in [0.3, 0.4) is 0 Å². The largest absolute Gasteiger partial charge is 0.497 e. The van der Waals surface area contributed by atoms with Crippen LogP contribution in [0.15, 0.2) is 29.4 Å². The van der Waals surface area contributed by atoms with Crippen LogP contribution in [-0.2, 0) is 17.9 Å². The van der Waals surface area contributed by atoms with Crippen LogP contribution in [0, 0.1) is 0 Å². The molecule has 1 N–H and O–H groups in total. The number of ether oxygens (including phenoxy) is 1. The minimum Gasteiger partial charge on any atom is -0.497 e. The van der Waals surface area contributed by atoms with Crippen molar-refractivity contribution in [2.24, 2.45) is 0 Å². The van der Waals surface area contributed by atoms with Crippen molar-refractivity contribution in [2.45, 2.75) is 43.9 Å². The number of hydrogen-bond acceptors (Lipinski definition) is 5. The summed E-state index contributed by atoms with van der Waals surface area (Å²) in [5.74, 6) is 2.75. The van der Waals surface area contributed by atoms with Crippen molar-refractivity contribution < 1.29 is 9.53 Å². The molecule has 0 radical (unpaired) electrons. The van der Waals surface area contributed by atoms with E-state index in [0.29, 0.717) is 18.2 Å². The van der Waals surface area contributed by atoms with Gasteiger partial charge in [-0.2, -0.15) is 0 Å². The molecule has 1 aliphatic rings. The summed E-state index contributed by atoms with van der Waals surface area (Å²) in [6, 6.07) is 7.68. The molecular weight excluding hydrogens is 324 g/mol. The van der Waals surface area contributed by atoms with Crippen LogP contribution in [0.4, 0.5) is 0 Å². The lowest BCUT2D eigenvalue weighted by Gasteiger charge is -2.08. The molecular formula is C17H22N4O2S. The fourth-order valence-electron chi connectivity index (χ4n) is 2.51. The minimum absolute atomic E-state index is 0.0126. The first kappa shape index (κ1) is 16.8. The molecule has 3 rings (SSSR count). The molecule has 1 saturated carbocycles. The quantitative estimate of drug-likeness (QED) is 0.744. The molecule has 2 aromatic rings. The fraction of sp³-hybridized carbons (Fsp3) is 0.471. The standard InChI is InChI=1S/C17H22N4O2S/c1-3-21-16(13-7-8-13)19-20-17(21)24-11-15(22)18-10-12-5-4-6-14(9-12)23-2/h4-6,9,13H,3,7-8,10-11H2,1-2H3,(H,18,22). The van der Waals surface area contributed by atoms with Gasteiger partial charge in [-0.15, -0.1) is 10.2 Å². The molecule has 1 aromatic heterocycles. The molecule has 0 atom stereocenters. The average Bonchev–Trinajstić information content (AvgIpc) is 3.38. The third-order valence-corrected chi connectivity index (χ3v) is 4.93. The van der Waals surface area contributed by atoms with Crippen LogP contribution in [0.2, 0.25) is 0 Å². The maximum atomic E-state index is 12.1. The Morgan fingerprint density at radius 1 is 1.42 bits per heavy atom. The Labute approximate surface area is 146 Å². The number of amides is 1. The zero-order valence-corrected chi connectivity index (χ0v) is 14.8. The Kier molecular flexibility index (Phi) is 5.40. The van der Waals surface area contributed by atoms with Gasteiger partial charge in [-0.3, -0.25) is 4.79 Å². The number of nitrogens with one attached hydrogen (secondary N) is 1. The number of nitrogens with zero attached hydrogens (tertiary/aromatic N) is 3. The summed E-state index contributed by atoms with van der Waals surface area (Å²) in [5, 5.41) is 12.3. The Balaban J connectivity index is 1.50. The molecule has 0 saturated heterocycles. The Morgan fingerprint density at radius 3 is 2.96 bits per heavy atom. The normalized spacial score (nSPS) is 13.8. The second kappa shape index (κ2) is 7.70. The number of carbonyl (C=O) groups is 1. The summed E-state index contributed by atoms with van der Waals surface area (Å²) < 4.78 is 7.31. The predicted molar refractivity (Wildman–Crippen MR) is 93.2 cm³/mol. The van der Waals surface area contributed by atoms with Gasteiger partial charge >= 0.3 is 0 Å². The van der Waals surface area contributed by atoms with Gasteiger partial charge in [0, 0.05) is 19.0 Å². The molecule has 0 aliphatic heterocycles. The third kappa shape index (κ3) is 4.08. The van der Waals surface area contributed by atoms with E-state index in [2.05, 4.69) is 27.0 Å². The predicted octanol–water partition coefficient (Wildman–Crippen LogP) is 2.59. The van der Waals surface area contributed by atoms with Gasteiger partial charge in [0.2, 0.25) is 5.91 Å². The number of carbonyl (C=O) groups excluding carboxylic acids is 1. The Morgan fingerprint density at radius 2 is 2.25 bits per heavy atom. The highest BCUT2D eigenvalue weighted by molar-refractivity contribution is 7.99. The SMILES string of the molecule is CCn1c(SCC(=O)NCc2cccc(OC)c2)nnc1C1CC1. The fourth-order valence-corrected chi connectivity index (χ4v) is 3.35. The molecule has 1 aromatic carbocycles. The molecule has 6 nitrogen and oxygen atoms in total. The molecule has 1 fully saturated rings. The Bertz CT molecular complexity index is 712. The molecule has 0 spiro atoms. The van der Waals surface area contributed by atoms with Gasteiger partial charge in [-0.05, 0) is 37.5 Å². The van der Waals surface area contributed by atoms with Crippen molar-refractivity contribution in [2.75, 3.05) is 12.9 Å². The summed E-state index contributed by atoms with van der Waals surface area (Å²) in [7, 11) is 1.63. The minimum atomic E-state index is -0.0126. The maximum Gasteiger partial charge on any atom is 0.230 e. The van der Waals surface area contributed by atoms with Crippen LogP contribution >= 0.6 is 11.8 Å². The second-order valence-corrected chi connectivity index (χ2v) is 6.72. The first-order chi connectivity index (χ1) is 11.7. The summed E-state index contributed by atoms with van der Waals surface area (Å²) >= 11 is 1.44. The van der Waals surface area contributed by atoms with E-state index in [1.807, 2.05) is 24.3 Å². The lowest BCUT2D eigenvalue weighted by molar-refractivity contribution is -0.118. The number of rotatable bonds is 8. The van der Waals surface area contributed by atoms with Crippen LogP contribution in [0.5, 0.6) is 5.75 Å². The highest BCUT2D eigenvalue weighted by Gasteiger charge is 2.30. The maximum absolute atomic E-state index is 12.1. The number of benzene rings is 1. The number of hydrogen-bond donors (Lipinski definition) is 1. The molecule has 7 heteroatoms. The summed E-state index contributed by atoms with van der Waals surface area (Å²) in [5.41, 5.74) is 1.01. The number of thioether (sulfide) groups is 1.